The first-order valence-electron chi connectivity index (χ1n) is 10.1. The average Bonchev–Trinajstić information content (AvgIpc) is 3.47. The van der Waals surface area contributed by atoms with Crippen LogP contribution in [0.25, 0.3) is 10.4 Å². The Morgan fingerprint density at radius 1 is 1.38 bits per heavy atom. The van der Waals surface area contributed by atoms with Crippen LogP contribution in [0, 0.1) is 5.82 Å². The summed E-state index contributed by atoms with van der Waals surface area (Å²) in [7, 11) is 0. The van der Waals surface area contributed by atoms with Crippen molar-refractivity contribution >= 4 is 29.3 Å². The summed E-state index contributed by atoms with van der Waals surface area (Å²) in [5.41, 5.74) is -0.0900. The van der Waals surface area contributed by atoms with Crippen LogP contribution in [0.1, 0.15) is 25.8 Å². The molecule has 1 N–H and O–H groups in total. The van der Waals surface area contributed by atoms with Crippen molar-refractivity contribution in [3.05, 3.63) is 35.2 Å². The van der Waals surface area contributed by atoms with Gasteiger partial charge >= 0.3 is 18.3 Å². The van der Waals surface area contributed by atoms with Crippen molar-refractivity contribution in [2.24, 2.45) is 0 Å². The fourth-order valence-corrected chi connectivity index (χ4v) is 3.93. The highest BCUT2D eigenvalue weighted by molar-refractivity contribution is 7.15. The predicted octanol–water partition coefficient (Wildman–Crippen LogP) is 2.62. The second kappa shape index (κ2) is 9.30. The van der Waals surface area contributed by atoms with Gasteiger partial charge in [-0.15, -0.1) is 11.3 Å². The van der Waals surface area contributed by atoms with Crippen LogP contribution in [0.5, 0.6) is 6.01 Å². The highest BCUT2D eigenvalue weighted by Crippen LogP contribution is 2.32. The number of rotatable bonds is 6. The molecule has 1 fully saturated rings. The number of carbonyl (C=O) groups is 2. The minimum Gasteiger partial charge on any atom is -0.441 e. The quantitative estimate of drug-likeness (QED) is 0.510. The molecular formula is C20H21FN6O6S. The summed E-state index contributed by atoms with van der Waals surface area (Å²) < 4.78 is 29.7. The van der Waals surface area contributed by atoms with E-state index in [0.29, 0.717) is 21.1 Å². The molecule has 1 atom stereocenters. The minimum absolute atomic E-state index is 0.122. The lowest BCUT2D eigenvalue weighted by Crippen LogP contribution is -2.26. The van der Waals surface area contributed by atoms with E-state index in [1.807, 2.05) is 0 Å². The number of halogens is 1. The van der Waals surface area contributed by atoms with Gasteiger partial charge in [0.25, 0.3) is 0 Å². The van der Waals surface area contributed by atoms with Gasteiger partial charge in [-0.2, -0.15) is 4.80 Å². The fraction of sp³-hybridized carbons (Fsp3) is 0.400. The van der Waals surface area contributed by atoms with E-state index in [0.717, 1.165) is 0 Å². The number of carbonyl (C=O) groups excluding carboxylic acids is 2. The van der Waals surface area contributed by atoms with Crippen molar-refractivity contribution in [2.45, 2.75) is 39.0 Å². The summed E-state index contributed by atoms with van der Waals surface area (Å²) in [4.78, 5) is 30.9. The number of amides is 1. The van der Waals surface area contributed by atoms with Crippen LogP contribution in [0.4, 0.5) is 19.7 Å². The number of anilines is 1. The van der Waals surface area contributed by atoms with Gasteiger partial charge in [0.1, 0.15) is 29.1 Å². The number of hydrogen-bond donors (Lipinski definition) is 1. The second-order valence-corrected chi connectivity index (χ2v) is 9.37. The lowest BCUT2D eigenvalue weighted by Gasteiger charge is -2.17. The molecule has 2 aromatic heterocycles. The van der Waals surface area contributed by atoms with Crippen LogP contribution in [0.3, 0.4) is 0 Å². The summed E-state index contributed by atoms with van der Waals surface area (Å²) in [6.45, 7) is 5.05. The zero-order chi connectivity index (χ0) is 24.5. The third kappa shape index (κ3) is 5.46. The van der Waals surface area contributed by atoms with Crippen LogP contribution in [-0.4, -0.2) is 67.4 Å². The number of aliphatic hydroxyl groups excluding tert-OH is 1. The number of cyclic esters (lactones) is 1. The maximum atomic E-state index is 14.8. The number of aromatic nitrogens is 5. The number of thiazole rings is 1. The monoisotopic (exact) mass is 492 g/mol. The Bertz CT molecular complexity index is 1210. The van der Waals surface area contributed by atoms with E-state index >= 15 is 0 Å². The normalized spacial score (nSPS) is 16.0. The van der Waals surface area contributed by atoms with E-state index < -0.39 is 29.8 Å². The van der Waals surface area contributed by atoms with Crippen LogP contribution in [0.2, 0.25) is 0 Å². The van der Waals surface area contributed by atoms with Gasteiger partial charge < -0.3 is 19.3 Å². The number of tetrazole rings is 1. The number of nitrogens with zero attached hydrogens (tertiary/aromatic N) is 6. The molecule has 1 aromatic carbocycles. The van der Waals surface area contributed by atoms with Gasteiger partial charge in [0, 0.05) is 11.8 Å². The molecule has 0 saturated carbocycles. The summed E-state index contributed by atoms with van der Waals surface area (Å²) in [5, 5.41) is 21.1. The topological polar surface area (TPSA) is 142 Å². The van der Waals surface area contributed by atoms with E-state index in [9.17, 15) is 14.0 Å². The molecule has 1 amide bonds. The van der Waals surface area contributed by atoms with Crippen molar-refractivity contribution in [1.82, 2.24) is 25.2 Å². The summed E-state index contributed by atoms with van der Waals surface area (Å²) in [6.07, 6.45) is -0.711. The van der Waals surface area contributed by atoms with E-state index in [1.54, 1.807) is 32.9 Å². The summed E-state index contributed by atoms with van der Waals surface area (Å²) >= 11 is 1.22. The molecule has 3 heterocycles. The first-order valence-corrected chi connectivity index (χ1v) is 10.9. The van der Waals surface area contributed by atoms with Gasteiger partial charge in [-0.3, -0.25) is 4.90 Å². The predicted molar refractivity (Wildman–Crippen MR) is 116 cm³/mol. The number of ether oxygens (including phenoxy) is 3. The Balaban J connectivity index is 1.42. The summed E-state index contributed by atoms with van der Waals surface area (Å²) in [6, 6.07) is 4.10. The SMILES string of the molecule is CC(C)(C)OC(=O)Oc1nnn(Cc2ncc(-c3ccc(N4C[C@H](CO)OC4=O)cc3F)s2)n1. The summed E-state index contributed by atoms with van der Waals surface area (Å²) in [5.74, 6) is -0.542. The zero-order valence-electron chi connectivity index (χ0n) is 18.5. The third-order valence-electron chi connectivity index (χ3n) is 4.44. The molecule has 0 aliphatic carbocycles. The highest BCUT2D eigenvalue weighted by Gasteiger charge is 2.32. The van der Waals surface area contributed by atoms with Crippen LogP contribution < -0.4 is 9.64 Å². The van der Waals surface area contributed by atoms with Gasteiger partial charge in [0.05, 0.1) is 23.7 Å². The Hall–Kier alpha value is -3.65. The largest absolute Gasteiger partial charge is 0.516 e. The highest BCUT2D eigenvalue weighted by atomic mass is 32.1. The maximum Gasteiger partial charge on any atom is 0.516 e. The number of aliphatic hydroxyl groups is 1. The molecule has 34 heavy (non-hydrogen) atoms. The molecule has 0 radical (unpaired) electrons. The first kappa shape index (κ1) is 23.5. The lowest BCUT2D eigenvalue weighted by molar-refractivity contribution is 0.0186. The van der Waals surface area contributed by atoms with Crippen molar-refractivity contribution in [3.63, 3.8) is 0 Å². The molecule has 12 nitrogen and oxygen atoms in total. The smallest absolute Gasteiger partial charge is 0.441 e. The van der Waals surface area contributed by atoms with E-state index in [4.69, 9.17) is 19.3 Å². The van der Waals surface area contributed by atoms with Gasteiger partial charge in [0.15, 0.2) is 0 Å². The van der Waals surface area contributed by atoms with Crippen molar-refractivity contribution < 1.29 is 33.3 Å². The second-order valence-electron chi connectivity index (χ2n) is 8.25. The molecule has 14 heteroatoms. The van der Waals surface area contributed by atoms with E-state index in [-0.39, 0.29) is 25.7 Å². The molecule has 1 saturated heterocycles. The molecule has 1 aliphatic heterocycles. The fourth-order valence-electron chi connectivity index (χ4n) is 3.01. The van der Waals surface area contributed by atoms with Gasteiger partial charge in [0.2, 0.25) is 0 Å². The molecule has 3 aromatic rings. The Morgan fingerprint density at radius 2 is 2.18 bits per heavy atom. The maximum absolute atomic E-state index is 14.8. The lowest BCUT2D eigenvalue weighted by atomic mass is 10.1. The van der Waals surface area contributed by atoms with Gasteiger partial charge in [-0.05, 0) is 44.2 Å². The standard InChI is InChI=1S/C20H21FN6O6S/c1-20(2,3)33-19(30)32-17-23-25-27(24-17)9-16-22-7-15(34-16)13-5-4-11(6-14(13)21)26-8-12(10-28)31-18(26)29/h4-7,12,28H,8-10H2,1-3H3/t12-/m1/s1. The minimum atomic E-state index is -0.948. The number of hydrogen-bond acceptors (Lipinski definition) is 11. The van der Waals surface area contributed by atoms with Crippen molar-refractivity contribution in [1.29, 1.82) is 0 Å². The van der Waals surface area contributed by atoms with E-state index in [2.05, 4.69) is 20.4 Å². The molecule has 180 valence electrons. The Morgan fingerprint density at radius 3 is 2.85 bits per heavy atom. The molecule has 4 rings (SSSR count). The third-order valence-corrected chi connectivity index (χ3v) is 5.45. The Labute approximate surface area is 196 Å². The molecule has 0 unspecified atom stereocenters. The van der Waals surface area contributed by atoms with Crippen molar-refractivity contribution in [2.75, 3.05) is 18.1 Å². The van der Waals surface area contributed by atoms with Crippen LogP contribution >= 0.6 is 11.3 Å². The Kier molecular flexibility index (Phi) is 6.43. The van der Waals surface area contributed by atoms with Crippen molar-refractivity contribution in [3.8, 4) is 16.5 Å². The first-order chi connectivity index (χ1) is 16.1. The molecule has 0 spiro atoms. The van der Waals surface area contributed by atoms with Gasteiger partial charge in [-0.1, -0.05) is 10.2 Å². The zero-order valence-corrected chi connectivity index (χ0v) is 19.3. The number of benzene rings is 1. The molecular weight excluding hydrogens is 471 g/mol. The van der Waals surface area contributed by atoms with E-state index in [1.165, 1.54) is 33.3 Å². The molecule has 1 aliphatic rings. The van der Waals surface area contributed by atoms with Gasteiger partial charge in [-0.25, -0.2) is 19.0 Å². The van der Waals surface area contributed by atoms with Crippen LogP contribution in [0.15, 0.2) is 24.4 Å². The molecule has 0 bridgehead atoms. The average molecular weight is 492 g/mol. The van der Waals surface area contributed by atoms with Crippen LogP contribution in [-0.2, 0) is 16.0 Å².